The lowest BCUT2D eigenvalue weighted by molar-refractivity contribution is -0.870. The molecule has 0 spiro atoms. The molecule has 0 aliphatic carbocycles. The molecule has 0 atom stereocenters. The zero-order valence-electron chi connectivity index (χ0n) is 34.1. The van der Waals surface area contributed by atoms with E-state index in [2.05, 4.69) is 56.1 Å². The molecule has 48 heavy (non-hydrogen) atoms. The van der Waals surface area contributed by atoms with Gasteiger partial charge in [0, 0.05) is 6.92 Å². The number of nitrogens with zero attached hydrogens (tertiary/aromatic N) is 2. The summed E-state index contributed by atoms with van der Waals surface area (Å²) in [5.41, 5.74) is 0. The van der Waals surface area contributed by atoms with Crippen molar-refractivity contribution in [1.29, 1.82) is 0 Å². The smallest absolute Gasteiger partial charge is 0.300 e. The Balaban J connectivity index is -0.000000152. The van der Waals surface area contributed by atoms with Gasteiger partial charge in [-0.15, -0.1) is 0 Å². The summed E-state index contributed by atoms with van der Waals surface area (Å²) in [7, 11) is 13.8. The third-order valence-electron chi connectivity index (χ3n) is 8.36. The summed E-state index contributed by atoms with van der Waals surface area (Å²) >= 11 is 0. The summed E-state index contributed by atoms with van der Waals surface area (Å²) < 4.78 is 2.25. The second-order valence-corrected chi connectivity index (χ2v) is 15.7. The van der Waals surface area contributed by atoms with Gasteiger partial charge in [0.25, 0.3) is 5.97 Å². The Labute approximate surface area is 319 Å². The van der Waals surface area contributed by atoms with Crippen LogP contribution in [0.2, 0.25) is 0 Å². The van der Waals surface area contributed by atoms with Gasteiger partial charge in [0.05, 0.1) is 55.4 Å². The number of halogens is 2. The van der Waals surface area contributed by atoms with E-state index in [9.17, 15) is 0 Å². The molecule has 0 radical (unpaired) electrons. The molecule has 0 aromatic heterocycles. The molecular formula is C40H90BrClN2O4. The van der Waals surface area contributed by atoms with Gasteiger partial charge in [-0.25, -0.2) is 0 Å². The van der Waals surface area contributed by atoms with Gasteiger partial charge in [0.1, 0.15) is 0 Å². The van der Waals surface area contributed by atoms with E-state index < -0.39 is 5.97 Å². The Morgan fingerprint density at radius 2 is 0.521 bits per heavy atom. The first kappa shape index (κ1) is 60.2. The van der Waals surface area contributed by atoms with Gasteiger partial charge in [-0.1, -0.05) is 168 Å². The van der Waals surface area contributed by atoms with Gasteiger partial charge in [-0.05, 0) is 25.7 Å². The van der Waals surface area contributed by atoms with Crippen molar-refractivity contribution in [3.63, 3.8) is 0 Å². The van der Waals surface area contributed by atoms with Crippen LogP contribution >= 0.6 is 0 Å². The number of quaternary nitrogens is 2. The molecule has 6 nitrogen and oxygen atoms in total. The average Bonchev–Trinajstić information content (AvgIpc) is 2.97. The van der Waals surface area contributed by atoms with Gasteiger partial charge >= 0.3 is 0 Å². The number of rotatable bonds is 30. The Morgan fingerprint density at radius 1 is 0.396 bits per heavy atom. The fourth-order valence-electron chi connectivity index (χ4n) is 5.56. The van der Waals surface area contributed by atoms with Crippen molar-refractivity contribution >= 4 is 5.97 Å². The monoisotopic (exact) mass is 777 g/mol. The molecule has 8 heteroatoms. The molecule has 3 N–H and O–H groups in total. The van der Waals surface area contributed by atoms with Crippen molar-refractivity contribution in [1.82, 2.24) is 0 Å². The second-order valence-electron chi connectivity index (χ2n) is 15.7. The number of hydrogen-bond acceptors (Lipinski definition) is 3. The number of carbonyl (C=O) groups is 1. The van der Waals surface area contributed by atoms with E-state index >= 15 is 0 Å². The minimum absolute atomic E-state index is 0. The van der Waals surface area contributed by atoms with Crippen LogP contribution in [-0.4, -0.2) is 85.9 Å². The third kappa shape index (κ3) is 80.6. The van der Waals surface area contributed by atoms with Gasteiger partial charge in [0.2, 0.25) is 0 Å². The first-order chi connectivity index (χ1) is 21.9. The molecule has 298 valence electrons. The average molecular weight is 779 g/mol. The highest BCUT2D eigenvalue weighted by molar-refractivity contribution is 5.62. The lowest BCUT2D eigenvalue weighted by Crippen LogP contribution is -3.00. The SMILES string of the molecule is CC(=O)O.CCCCCCCCCCCCCCCC[N+](C)(C)C.CCCCCCCCCCCCCCCC[N+](C)(C)C.OO.[Br-].[Cl-]. The van der Waals surface area contributed by atoms with Gasteiger partial charge in [-0.3, -0.25) is 15.3 Å². The maximum absolute atomic E-state index is 9.00. The lowest BCUT2D eigenvalue weighted by Gasteiger charge is -2.23. The molecule has 0 aromatic rings. The Morgan fingerprint density at radius 3 is 0.646 bits per heavy atom. The maximum atomic E-state index is 9.00. The molecule has 0 saturated carbocycles. The summed E-state index contributed by atoms with van der Waals surface area (Å²) in [6, 6.07) is 0. The summed E-state index contributed by atoms with van der Waals surface area (Å²) in [5.74, 6) is -0.833. The molecule has 0 saturated heterocycles. The fourth-order valence-corrected chi connectivity index (χ4v) is 5.56. The van der Waals surface area contributed by atoms with Crippen LogP contribution in [0.15, 0.2) is 0 Å². The molecule has 0 amide bonds. The molecule has 0 aliphatic rings. The van der Waals surface area contributed by atoms with Crippen LogP contribution in [0, 0.1) is 0 Å². The summed E-state index contributed by atoms with van der Waals surface area (Å²) in [6.45, 7) is 8.33. The molecular weight excluding hydrogens is 688 g/mol. The fraction of sp³-hybridized carbons (Fsp3) is 0.975. The number of hydrogen-bond donors (Lipinski definition) is 3. The maximum Gasteiger partial charge on any atom is 0.300 e. The standard InChI is InChI=1S/2C19H42N.C2H4O2.BrH.ClH.H2O2/c2*1-5-6-7-8-9-10-11-12-13-14-15-16-17-18-19-20(2,3)4;1-2(3)4;;;1-2/h2*5-19H2,1-4H3;1H3,(H,3,4);2*1H;1-2H/q2*+1;;;;/p-2. The van der Waals surface area contributed by atoms with Crippen LogP contribution in [0.5, 0.6) is 0 Å². The van der Waals surface area contributed by atoms with Crippen LogP contribution in [0.25, 0.3) is 0 Å². The zero-order valence-corrected chi connectivity index (χ0v) is 36.5. The molecule has 0 bridgehead atoms. The van der Waals surface area contributed by atoms with Crippen LogP contribution in [0.1, 0.15) is 201 Å². The van der Waals surface area contributed by atoms with E-state index in [1.165, 1.54) is 193 Å². The van der Waals surface area contributed by atoms with E-state index in [4.69, 9.17) is 20.4 Å². The second kappa shape index (κ2) is 49.2. The van der Waals surface area contributed by atoms with E-state index in [-0.39, 0.29) is 29.4 Å². The van der Waals surface area contributed by atoms with Crippen molar-refractivity contribution in [2.45, 2.75) is 201 Å². The van der Waals surface area contributed by atoms with Gasteiger partial charge in [-0.2, -0.15) is 0 Å². The summed E-state index contributed by atoms with van der Waals surface area (Å²) in [6.07, 6.45) is 40.7. The molecule has 0 rings (SSSR count). The van der Waals surface area contributed by atoms with Gasteiger partial charge < -0.3 is 43.5 Å². The quantitative estimate of drug-likeness (QED) is 0.0339. The molecule has 0 unspecified atom stereocenters. The van der Waals surface area contributed by atoms with Crippen molar-refractivity contribution in [3.05, 3.63) is 0 Å². The molecule has 0 aliphatic heterocycles. The summed E-state index contributed by atoms with van der Waals surface area (Å²) in [5, 5.41) is 19.4. The van der Waals surface area contributed by atoms with Crippen LogP contribution in [0.3, 0.4) is 0 Å². The Bertz CT molecular complexity index is 512. The number of carboxylic acid groups (broad SMARTS) is 1. The Kier molecular flexibility index (Phi) is 61.7. The van der Waals surface area contributed by atoms with Crippen molar-refractivity contribution in [2.75, 3.05) is 55.4 Å². The molecule has 0 fully saturated rings. The number of carboxylic acids is 1. The van der Waals surface area contributed by atoms with Crippen molar-refractivity contribution in [2.24, 2.45) is 0 Å². The Hall–Kier alpha value is 0.0800. The number of unbranched alkanes of at least 4 members (excludes halogenated alkanes) is 26. The highest BCUT2D eigenvalue weighted by Gasteiger charge is 2.06. The van der Waals surface area contributed by atoms with Gasteiger partial charge in [0.15, 0.2) is 0 Å². The number of aliphatic carboxylic acids is 1. The van der Waals surface area contributed by atoms with E-state index in [0.29, 0.717) is 0 Å². The predicted molar refractivity (Wildman–Crippen MR) is 205 cm³/mol. The summed E-state index contributed by atoms with van der Waals surface area (Å²) in [4.78, 5) is 9.00. The van der Waals surface area contributed by atoms with Crippen molar-refractivity contribution in [3.8, 4) is 0 Å². The zero-order chi connectivity index (χ0) is 35.8. The van der Waals surface area contributed by atoms with Crippen LogP contribution < -0.4 is 29.4 Å². The molecule has 0 aromatic carbocycles. The van der Waals surface area contributed by atoms with Crippen molar-refractivity contribution < 1.29 is 58.8 Å². The van der Waals surface area contributed by atoms with E-state index in [1.807, 2.05) is 0 Å². The molecule has 0 heterocycles. The largest absolute Gasteiger partial charge is 1.00 e. The third-order valence-corrected chi connectivity index (χ3v) is 8.36. The minimum Gasteiger partial charge on any atom is -1.00 e. The predicted octanol–water partition coefficient (Wildman–Crippen LogP) is 6.46. The normalized spacial score (nSPS) is 10.6. The van der Waals surface area contributed by atoms with Crippen LogP contribution in [-0.2, 0) is 4.79 Å². The van der Waals surface area contributed by atoms with Crippen LogP contribution in [0.4, 0.5) is 0 Å². The highest BCUT2D eigenvalue weighted by atomic mass is 79.9. The minimum atomic E-state index is -0.833. The van der Waals surface area contributed by atoms with E-state index in [0.717, 1.165) is 15.9 Å². The van der Waals surface area contributed by atoms with E-state index in [1.54, 1.807) is 0 Å². The highest BCUT2D eigenvalue weighted by Crippen LogP contribution is 2.14. The first-order valence-electron chi connectivity index (χ1n) is 19.9. The lowest BCUT2D eigenvalue weighted by atomic mass is 10.0. The first-order valence-corrected chi connectivity index (χ1v) is 19.9. The topological polar surface area (TPSA) is 77.8 Å².